The number of nitrogens with zero attached hydrogens (tertiary/aromatic N) is 1. The lowest BCUT2D eigenvalue weighted by Crippen LogP contribution is -2.38. The molecule has 0 spiro atoms. The first-order valence-corrected chi connectivity index (χ1v) is 6.09. The summed E-state index contributed by atoms with van der Waals surface area (Å²) in [5, 5.41) is 9.34. The summed E-state index contributed by atoms with van der Waals surface area (Å²) in [6.45, 7) is 7.78. The summed E-state index contributed by atoms with van der Waals surface area (Å²) in [6.07, 6.45) is 0.917. The molecule has 0 bridgehead atoms. The molecule has 4 nitrogen and oxygen atoms in total. The van der Waals surface area contributed by atoms with Crippen LogP contribution in [0.2, 0.25) is 0 Å². The van der Waals surface area contributed by atoms with Gasteiger partial charge in [-0.3, -0.25) is 4.79 Å². The second-order valence-corrected chi connectivity index (χ2v) is 4.92. The number of likely N-dealkylation sites (tertiary alicyclic amines) is 1. The first-order valence-electron chi connectivity index (χ1n) is 6.09. The van der Waals surface area contributed by atoms with Crippen LogP contribution in [0.4, 0.5) is 0 Å². The number of hydrogen-bond acceptors (Lipinski definition) is 3. The van der Waals surface area contributed by atoms with Crippen molar-refractivity contribution in [1.82, 2.24) is 4.90 Å². The van der Waals surface area contributed by atoms with Gasteiger partial charge >= 0.3 is 0 Å². The molecule has 16 heavy (non-hydrogen) atoms. The Morgan fingerprint density at radius 3 is 2.69 bits per heavy atom. The number of hydrogen-bond donors (Lipinski definition) is 1. The van der Waals surface area contributed by atoms with Crippen LogP contribution in [-0.2, 0) is 9.53 Å². The van der Waals surface area contributed by atoms with E-state index in [9.17, 15) is 9.90 Å². The van der Waals surface area contributed by atoms with Gasteiger partial charge in [-0.05, 0) is 25.7 Å². The van der Waals surface area contributed by atoms with Crippen molar-refractivity contribution in [2.24, 2.45) is 5.92 Å². The van der Waals surface area contributed by atoms with Crippen molar-refractivity contribution >= 4 is 5.91 Å². The topological polar surface area (TPSA) is 49.8 Å². The summed E-state index contributed by atoms with van der Waals surface area (Å²) in [6, 6.07) is 0. The highest BCUT2D eigenvalue weighted by atomic mass is 16.5. The predicted octanol–water partition coefficient (Wildman–Crippen LogP) is 1.03. The summed E-state index contributed by atoms with van der Waals surface area (Å²) in [5.41, 5.74) is 0. The van der Waals surface area contributed by atoms with E-state index in [0.29, 0.717) is 32.0 Å². The molecule has 1 aliphatic heterocycles. The first-order chi connectivity index (χ1) is 7.50. The van der Waals surface area contributed by atoms with Gasteiger partial charge in [0.1, 0.15) is 6.10 Å². The highest BCUT2D eigenvalue weighted by Gasteiger charge is 2.28. The Morgan fingerprint density at radius 2 is 2.19 bits per heavy atom. The van der Waals surface area contributed by atoms with Gasteiger partial charge in [-0.25, -0.2) is 0 Å². The number of aliphatic hydroxyl groups excluding tert-OH is 1. The minimum atomic E-state index is -0.385. The van der Waals surface area contributed by atoms with Crippen LogP contribution in [0.15, 0.2) is 0 Å². The molecule has 0 radical (unpaired) electrons. The first kappa shape index (κ1) is 13.5. The molecular weight excluding hydrogens is 206 g/mol. The van der Waals surface area contributed by atoms with Gasteiger partial charge in [0.25, 0.3) is 5.91 Å². The lowest BCUT2D eigenvalue weighted by atomic mass is 10.1. The fourth-order valence-electron chi connectivity index (χ4n) is 1.75. The molecule has 0 aromatic carbocycles. The normalized spacial score (nSPS) is 22.8. The van der Waals surface area contributed by atoms with E-state index in [2.05, 4.69) is 13.8 Å². The summed E-state index contributed by atoms with van der Waals surface area (Å²) < 4.78 is 5.49. The quantitative estimate of drug-likeness (QED) is 0.766. The Labute approximate surface area is 97.6 Å². The molecule has 4 heteroatoms. The molecule has 0 saturated carbocycles. The molecule has 1 fully saturated rings. The zero-order chi connectivity index (χ0) is 12.1. The number of amides is 1. The van der Waals surface area contributed by atoms with Crippen molar-refractivity contribution in [1.29, 1.82) is 0 Å². The second-order valence-electron chi connectivity index (χ2n) is 4.92. The van der Waals surface area contributed by atoms with Gasteiger partial charge in [-0.2, -0.15) is 0 Å². The number of ether oxygens (including phenoxy) is 1. The van der Waals surface area contributed by atoms with E-state index < -0.39 is 0 Å². The lowest BCUT2D eigenvalue weighted by molar-refractivity contribution is -0.142. The number of carbonyl (C=O) groups is 1. The number of rotatable bonds is 5. The highest BCUT2D eigenvalue weighted by Crippen LogP contribution is 2.11. The largest absolute Gasteiger partial charge is 0.391 e. The smallest absolute Gasteiger partial charge is 0.251 e. The maximum atomic E-state index is 11.9. The Morgan fingerprint density at radius 1 is 1.50 bits per heavy atom. The average molecular weight is 229 g/mol. The van der Waals surface area contributed by atoms with Crippen LogP contribution < -0.4 is 0 Å². The van der Waals surface area contributed by atoms with Crippen molar-refractivity contribution in [2.75, 3.05) is 19.7 Å². The van der Waals surface area contributed by atoms with Crippen LogP contribution in [0.5, 0.6) is 0 Å². The number of carbonyl (C=O) groups excluding carboxylic acids is 1. The van der Waals surface area contributed by atoms with Crippen molar-refractivity contribution in [3.05, 3.63) is 0 Å². The van der Waals surface area contributed by atoms with E-state index in [4.69, 9.17) is 4.74 Å². The fraction of sp³-hybridized carbons (Fsp3) is 0.917. The molecular formula is C12H23NO3. The highest BCUT2D eigenvalue weighted by molar-refractivity contribution is 5.80. The Hall–Kier alpha value is -0.610. The molecule has 1 N–H and O–H groups in total. The lowest BCUT2D eigenvalue weighted by Gasteiger charge is -2.21. The van der Waals surface area contributed by atoms with Gasteiger partial charge < -0.3 is 14.7 Å². The van der Waals surface area contributed by atoms with Crippen LogP contribution in [0.1, 0.15) is 33.6 Å². The van der Waals surface area contributed by atoms with Crippen LogP contribution >= 0.6 is 0 Å². The molecule has 0 aliphatic carbocycles. The zero-order valence-corrected chi connectivity index (χ0v) is 10.5. The molecule has 0 aromatic heterocycles. The van der Waals surface area contributed by atoms with Crippen LogP contribution in [0, 0.1) is 5.92 Å². The minimum absolute atomic E-state index is 0.000283. The summed E-state index contributed by atoms with van der Waals surface area (Å²) >= 11 is 0. The molecule has 0 aromatic rings. The van der Waals surface area contributed by atoms with Crippen molar-refractivity contribution in [3.63, 3.8) is 0 Å². The van der Waals surface area contributed by atoms with Crippen molar-refractivity contribution in [2.45, 2.75) is 45.8 Å². The van der Waals surface area contributed by atoms with Crippen LogP contribution in [-0.4, -0.2) is 47.8 Å². The van der Waals surface area contributed by atoms with Gasteiger partial charge in [-0.15, -0.1) is 0 Å². The minimum Gasteiger partial charge on any atom is -0.391 e. The van der Waals surface area contributed by atoms with E-state index in [1.807, 2.05) is 0 Å². The Bertz CT molecular complexity index is 230. The zero-order valence-electron chi connectivity index (χ0n) is 10.5. The molecule has 2 atom stereocenters. The predicted molar refractivity (Wildman–Crippen MR) is 62.1 cm³/mol. The van der Waals surface area contributed by atoms with Gasteiger partial charge in [0.05, 0.1) is 6.10 Å². The number of aliphatic hydroxyl groups is 1. The summed E-state index contributed by atoms with van der Waals surface area (Å²) in [7, 11) is 0. The maximum Gasteiger partial charge on any atom is 0.251 e. The summed E-state index contributed by atoms with van der Waals surface area (Å²) in [5.74, 6) is 0.594. The molecule has 1 heterocycles. The van der Waals surface area contributed by atoms with Crippen LogP contribution in [0.25, 0.3) is 0 Å². The van der Waals surface area contributed by atoms with Gasteiger partial charge in [-0.1, -0.05) is 13.8 Å². The van der Waals surface area contributed by atoms with E-state index in [1.54, 1.807) is 11.8 Å². The summed E-state index contributed by atoms with van der Waals surface area (Å²) in [4.78, 5) is 13.5. The molecule has 1 amide bonds. The SMILES string of the molecule is CC(C)CCOC(C)C(=O)N1CC[C@@H](O)C1. The Kier molecular flexibility index (Phi) is 5.22. The van der Waals surface area contributed by atoms with Crippen molar-refractivity contribution < 1.29 is 14.6 Å². The average Bonchev–Trinajstić information content (AvgIpc) is 2.63. The molecule has 1 aliphatic rings. The van der Waals surface area contributed by atoms with Crippen LogP contribution in [0.3, 0.4) is 0 Å². The standard InChI is InChI=1S/C12H23NO3/c1-9(2)5-7-16-10(3)12(15)13-6-4-11(14)8-13/h9-11,14H,4-8H2,1-3H3/t10?,11-/m1/s1. The van der Waals surface area contributed by atoms with Gasteiger partial charge in [0.15, 0.2) is 0 Å². The number of β-amino-alcohol motifs (C(OH)–C–C–N with tert-alkyl or cyclic N) is 1. The third kappa shape index (κ3) is 4.10. The fourth-order valence-corrected chi connectivity index (χ4v) is 1.75. The van der Waals surface area contributed by atoms with Crippen molar-refractivity contribution in [3.8, 4) is 0 Å². The maximum absolute atomic E-state index is 11.9. The monoisotopic (exact) mass is 229 g/mol. The third-order valence-corrected chi connectivity index (χ3v) is 2.89. The van der Waals surface area contributed by atoms with Gasteiger partial charge in [0.2, 0.25) is 0 Å². The Balaban J connectivity index is 2.25. The third-order valence-electron chi connectivity index (χ3n) is 2.89. The second kappa shape index (κ2) is 6.21. The van der Waals surface area contributed by atoms with E-state index >= 15 is 0 Å². The molecule has 94 valence electrons. The molecule has 1 rings (SSSR count). The van der Waals surface area contributed by atoms with Gasteiger partial charge in [0, 0.05) is 19.7 Å². The van der Waals surface area contributed by atoms with E-state index in [1.165, 1.54) is 0 Å². The molecule has 1 saturated heterocycles. The van der Waals surface area contributed by atoms with E-state index in [0.717, 1.165) is 6.42 Å². The molecule has 1 unspecified atom stereocenters. The van der Waals surface area contributed by atoms with E-state index in [-0.39, 0.29) is 18.1 Å².